The van der Waals surface area contributed by atoms with Gasteiger partial charge in [-0.15, -0.1) is 5.10 Å². The fourth-order valence-corrected chi connectivity index (χ4v) is 8.14. The number of ketones is 2. The first-order valence-corrected chi connectivity index (χ1v) is 22.7. The lowest BCUT2D eigenvalue weighted by molar-refractivity contribution is -0.132. The minimum absolute atomic E-state index is 0.00116. The van der Waals surface area contributed by atoms with Crippen molar-refractivity contribution >= 4 is 35.0 Å². The predicted molar refractivity (Wildman–Crippen MR) is 240 cm³/mol. The number of carbonyl (C=O) groups is 5. The Kier molecular flexibility index (Phi) is 14.4. The van der Waals surface area contributed by atoms with Crippen molar-refractivity contribution in [1.29, 1.82) is 0 Å². The van der Waals surface area contributed by atoms with E-state index in [0.29, 0.717) is 63.0 Å². The van der Waals surface area contributed by atoms with E-state index in [-0.39, 0.29) is 65.8 Å². The van der Waals surface area contributed by atoms with E-state index in [1.807, 2.05) is 18.2 Å². The lowest BCUT2D eigenvalue weighted by Gasteiger charge is -2.27. The van der Waals surface area contributed by atoms with Gasteiger partial charge < -0.3 is 29.3 Å². The van der Waals surface area contributed by atoms with Crippen molar-refractivity contribution in [3.8, 4) is 22.9 Å². The van der Waals surface area contributed by atoms with Crippen LogP contribution in [0, 0.1) is 5.92 Å². The van der Waals surface area contributed by atoms with Crippen LogP contribution >= 0.6 is 0 Å². The van der Waals surface area contributed by atoms with Gasteiger partial charge in [-0.25, -0.2) is 23.1 Å². The van der Waals surface area contributed by atoms with Crippen molar-refractivity contribution in [3.05, 3.63) is 119 Å². The van der Waals surface area contributed by atoms with Crippen molar-refractivity contribution < 1.29 is 51.4 Å². The number of hydrogen-bond donors (Lipinski definition) is 2. The van der Waals surface area contributed by atoms with Gasteiger partial charge >= 0.3 is 0 Å². The maximum Gasteiger partial charge on any atom is 0.284 e. The number of nitrogens with one attached hydrogen (secondary N) is 2. The van der Waals surface area contributed by atoms with Gasteiger partial charge in [-0.3, -0.25) is 33.9 Å². The Balaban J connectivity index is 0.667. The van der Waals surface area contributed by atoms with E-state index in [1.165, 1.54) is 42.2 Å². The van der Waals surface area contributed by atoms with E-state index in [4.69, 9.17) is 18.6 Å². The highest BCUT2D eigenvalue weighted by molar-refractivity contribution is 6.24. The number of nitrogens with zero attached hydrogens (tertiary/aromatic N) is 8. The van der Waals surface area contributed by atoms with Gasteiger partial charge in [0.1, 0.15) is 24.4 Å². The number of ether oxygens (including phenoxy) is 3. The van der Waals surface area contributed by atoms with Crippen molar-refractivity contribution in [2.24, 2.45) is 5.92 Å². The third kappa shape index (κ3) is 11.2. The number of halogens is 2. The van der Waals surface area contributed by atoms with E-state index in [9.17, 15) is 32.8 Å². The summed E-state index contributed by atoms with van der Waals surface area (Å²) < 4.78 is 54.0. The number of anilines is 1. The molecule has 2 N–H and O–H groups in total. The fraction of sp³-hybridized carbons (Fsp3) is 0.375. The Morgan fingerprint density at radius 2 is 1.78 bits per heavy atom. The Hall–Kier alpha value is -7.36. The van der Waals surface area contributed by atoms with Crippen LogP contribution in [0.3, 0.4) is 0 Å². The molecule has 3 aliphatic rings. The second kappa shape index (κ2) is 21.3. The molecule has 2 fully saturated rings. The first kappa shape index (κ1) is 46.7. The van der Waals surface area contributed by atoms with Crippen molar-refractivity contribution in [2.45, 2.75) is 77.1 Å². The van der Waals surface area contributed by atoms with E-state index >= 15 is 0 Å². The Bertz CT molecular complexity index is 2840. The maximum atomic E-state index is 14.1. The third-order valence-corrected chi connectivity index (χ3v) is 12.0. The van der Waals surface area contributed by atoms with Crippen LogP contribution < -0.4 is 15.4 Å². The molecule has 0 bridgehead atoms. The molecule has 5 heterocycles. The summed E-state index contributed by atoms with van der Waals surface area (Å²) in [5.41, 5.74) is 3.08. The number of Topliss-reactive ketones (excluding diaryl/α,β-unsaturated/α-hetero) is 2. The van der Waals surface area contributed by atoms with Crippen LogP contribution in [0.2, 0.25) is 0 Å². The number of rotatable bonds is 23. The summed E-state index contributed by atoms with van der Waals surface area (Å²) in [6.45, 7) is 2.88. The third-order valence-electron chi connectivity index (χ3n) is 12.0. The average molecular weight is 947 g/mol. The largest absolute Gasteiger partial charge is 0.486 e. The van der Waals surface area contributed by atoms with E-state index in [0.717, 1.165) is 34.9 Å². The molecule has 358 valence electrons. The second-order valence-corrected chi connectivity index (χ2v) is 16.9. The smallest absolute Gasteiger partial charge is 0.284 e. The second-order valence-electron chi connectivity index (χ2n) is 16.9. The van der Waals surface area contributed by atoms with Crippen LogP contribution in [-0.4, -0.2) is 108 Å². The molecule has 1 unspecified atom stereocenters. The molecule has 6 aromatic rings. The van der Waals surface area contributed by atoms with Gasteiger partial charge in [0.15, 0.2) is 17.2 Å². The Labute approximate surface area is 393 Å². The average Bonchev–Trinajstić information content (AvgIpc) is 3.63. The van der Waals surface area contributed by atoms with Gasteiger partial charge in [-0.1, -0.05) is 36.3 Å². The maximum absolute atomic E-state index is 14.1. The molecule has 21 heteroatoms. The number of amides is 3. The minimum atomic E-state index is -2.95. The molecule has 4 aromatic heterocycles. The summed E-state index contributed by atoms with van der Waals surface area (Å²) in [6.07, 6.45) is 7.16. The summed E-state index contributed by atoms with van der Waals surface area (Å²) in [5, 5.41) is 17.9. The van der Waals surface area contributed by atoms with Crippen molar-refractivity contribution in [1.82, 2.24) is 45.0 Å². The number of pyridine rings is 1. The quantitative estimate of drug-likeness (QED) is 0.0444. The summed E-state index contributed by atoms with van der Waals surface area (Å²) in [7, 11) is 0. The van der Waals surface area contributed by atoms with Gasteiger partial charge in [-0.05, 0) is 67.1 Å². The Morgan fingerprint density at radius 3 is 2.58 bits per heavy atom. The molecule has 69 heavy (non-hydrogen) atoms. The van der Waals surface area contributed by atoms with Gasteiger partial charge in [0, 0.05) is 37.0 Å². The number of imide groups is 1. The van der Waals surface area contributed by atoms with E-state index in [2.05, 4.69) is 36.0 Å². The highest BCUT2D eigenvalue weighted by Crippen LogP contribution is 2.36. The molecule has 1 aliphatic heterocycles. The van der Waals surface area contributed by atoms with Crippen molar-refractivity contribution in [2.75, 3.05) is 38.3 Å². The first-order valence-electron chi connectivity index (χ1n) is 22.7. The summed E-state index contributed by atoms with van der Waals surface area (Å²) in [4.78, 5) is 73.7. The highest BCUT2D eigenvalue weighted by atomic mass is 19.3. The molecule has 0 saturated heterocycles. The van der Waals surface area contributed by atoms with Gasteiger partial charge in [0.2, 0.25) is 5.89 Å². The van der Waals surface area contributed by atoms with Gasteiger partial charge in [-0.2, -0.15) is 5.10 Å². The number of fused-ring (bicyclic) bond motifs is 1. The molecule has 2 saturated carbocycles. The topological polar surface area (TPSA) is 228 Å². The molecule has 2 aromatic carbocycles. The molecule has 2 aliphatic carbocycles. The van der Waals surface area contributed by atoms with Crippen LogP contribution in [-0.2, 0) is 45.2 Å². The summed E-state index contributed by atoms with van der Waals surface area (Å²) in [5.74, 6) is -1.39. The van der Waals surface area contributed by atoms with Crippen LogP contribution in [0.4, 0.5) is 14.5 Å². The molecule has 0 radical (unpaired) electrons. The molecule has 3 amide bonds. The lowest BCUT2D eigenvalue weighted by Crippen LogP contribution is -2.47. The molecular formula is C48H48F2N10O9. The SMILES string of the molecule is O=C1CCC(N2C(=O)c3cccc(OCc4cnnn4CCOCCOCCNCc4ccc(-n5cc(NC(=O)c6coc(-c7ccnc(CCC8CC8)c7)n6)c(C(F)F)n5)cc4)c3C2=O)C(=O)C1. The summed E-state index contributed by atoms with van der Waals surface area (Å²) >= 11 is 0. The number of aryl methyl sites for hydroxylation is 1. The van der Waals surface area contributed by atoms with Crippen LogP contribution in [0.15, 0.2) is 83.9 Å². The number of benzene rings is 2. The summed E-state index contributed by atoms with van der Waals surface area (Å²) in [6, 6.07) is 14.5. The molecule has 9 rings (SSSR count). The normalized spacial score (nSPS) is 15.9. The minimum Gasteiger partial charge on any atom is -0.486 e. The molecule has 1 atom stereocenters. The zero-order chi connectivity index (χ0) is 47.9. The van der Waals surface area contributed by atoms with Gasteiger partial charge in [0.25, 0.3) is 24.1 Å². The first-order chi connectivity index (χ1) is 33.6. The monoisotopic (exact) mass is 946 g/mol. The molecule has 19 nitrogen and oxygen atoms in total. The molecule has 0 spiro atoms. The lowest BCUT2D eigenvalue weighted by atomic mass is 9.92. The zero-order valence-electron chi connectivity index (χ0n) is 37.4. The standard InChI is InChI=1S/C48H48F2N10O9/c49-44(50)43-37(54-45(63)38-28-69-46(55-38)31-14-15-52-32(22-31)9-6-29-4-5-29)26-59(56-43)33-10-7-30(8-11-33)24-51-16-18-66-20-21-67-19-17-58-34(25-53-57-58)27-68-41-3-1-2-36-42(41)48(65)60(47(36)64)39-13-12-35(61)23-40(39)62/h1-3,7-8,10-11,14-15,22,25-26,28-29,39,44,51H,4-6,9,12-13,16-21,23-24,27H2,(H,54,63). The van der Waals surface area contributed by atoms with E-state index in [1.54, 1.807) is 41.2 Å². The predicted octanol–water partition coefficient (Wildman–Crippen LogP) is 5.74. The van der Waals surface area contributed by atoms with E-state index < -0.39 is 41.7 Å². The number of oxazole rings is 1. The Morgan fingerprint density at radius 1 is 0.957 bits per heavy atom. The number of alkyl halides is 2. The highest BCUT2D eigenvalue weighted by Gasteiger charge is 2.46. The zero-order valence-corrected chi connectivity index (χ0v) is 37.4. The number of hydrogen-bond acceptors (Lipinski definition) is 15. The van der Waals surface area contributed by atoms with Gasteiger partial charge in [0.05, 0.1) is 86.0 Å². The van der Waals surface area contributed by atoms with Crippen LogP contribution in [0.1, 0.15) is 98.8 Å². The number of carbonyl (C=O) groups excluding carboxylic acids is 5. The van der Waals surface area contributed by atoms with Crippen molar-refractivity contribution in [3.63, 3.8) is 0 Å². The fourth-order valence-electron chi connectivity index (χ4n) is 8.14. The van der Waals surface area contributed by atoms with Crippen LogP contribution in [0.5, 0.6) is 5.75 Å². The van der Waals surface area contributed by atoms with Crippen LogP contribution in [0.25, 0.3) is 17.1 Å². The number of aromatic nitrogens is 7. The molecular weight excluding hydrogens is 899 g/mol.